The third-order valence-corrected chi connectivity index (χ3v) is 8.74. The fourth-order valence-corrected chi connectivity index (χ4v) is 6.44. The molecule has 0 fully saturated rings. The van der Waals surface area contributed by atoms with Crippen LogP contribution in [0.15, 0.2) is 96.4 Å². The number of carbonyl (C=O) groups excluding carboxylic acids is 1. The van der Waals surface area contributed by atoms with Gasteiger partial charge in [-0.05, 0) is 42.5 Å². The van der Waals surface area contributed by atoms with E-state index in [2.05, 4.69) is 15.6 Å². The molecule has 0 spiro atoms. The molecule has 0 saturated carbocycles. The van der Waals surface area contributed by atoms with E-state index in [1.807, 2.05) is 66.0 Å². The van der Waals surface area contributed by atoms with Crippen molar-refractivity contribution in [2.45, 2.75) is 0 Å². The molecule has 2 heterocycles. The molecular formula is C34H29N5O5S2. The van der Waals surface area contributed by atoms with E-state index >= 15 is 0 Å². The first-order valence-electron chi connectivity index (χ1n) is 14.0. The van der Waals surface area contributed by atoms with Crippen LogP contribution in [0, 0.1) is 0 Å². The Morgan fingerprint density at radius 1 is 0.783 bits per heavy atom. The third-order valence-electron chi connectivity index (χ3n) is 6.76. The van der Waals surface area contributed by atoms with Crippen molar-refractivity contribution in [1.82, 2.24) is 9.97 Å². The maximum absolute atomic E-state index is 13.1. The quantitative estimate of drug-likeness (QED) is 0.127. The second-order valence-corrected chi connectivity index (χ2v) is 11.6. The van der Waals surface area contributed by atoms with E-state index in [1.165, 1.54) is 22.7 Å². The molecule has 6 aromatic rings. The van der Waals surface area contributed by atoms with Gasteiger partial charge < -0.3 is 35.3 Å². The largest absolute Gasteiger partial charge is 0.493 e. The molecule has 232 valence electrons. The lowest BCUT2D eigenvalue weighted by atomic mass is 10.1. The molecule has 0 radical (unpaired) electrons. The van der Waals surface area contributed by atoms with Gasteiger partial charge in [-0.1, -0.05) is 47.7 Å². The number of methoxy groups -OCH3 is 3. The number of hydrogen-bond acceptors (Lipinski definition) is 11. The van der Waals surface area contributed by atoms with Crippen LogP contribution in [-0.2, 0) is 0 Å². The first-order chi connectivity index (χ1) is 22.4. The summed E-state index contributed by atoms with van der Waals surface area (Å²) in [5, 5.41) is 9.51. The number of para-hydroxylation sites is 1. The Kier molecular flexibility index (Phi) is 8.99. The van der Waals surface area contributed by atoms with Crippen molar-refractivity contribution >= 4 is 50.9 Å². The second-order valence-electron chi connectivity index (χ2n) is 9.79. The minimum absolute atomic E-state index is 0.251. The number of ether oxygens (including phenoxy) is 4. The lowest BCUT2D eigenvalue weighted by molar-refractivity contribution is 0.102. The van der Waals surface area contributed by atoms with Crippen LogP contribution >= 0.6 is 22.7 Å². The van der Waals surface area contributed by atoms with E-state index in [0.29, 0.717) is 56.6 Å². The normalized spacial score (nSPS) is 10.7. The summed E-state index contributed by atoms with van der Waals surface area (Å²) in [7, 11) is 4.68. The van der Waals surface area contributed by atoms with Crippen LogP contribution in [0.5, 0.6) is 28.7 Å². The van der Waals surface area contributed by atoms with Crippen molar-refractivity contribution in [1.29, 1.82) is 0 Å². The van der Waals surface area contributed by atoms with E-state index in [9.17, 15) is 4.79 Å². The molecule has 1 amide bonds. The summed E-state index contributed by atoms with van der Waals surface area (Å²) in [4.78, 5) is 23.2. The molecule has 0 aliphatic heterocycles. The summed E-state index contributed by atoms with van der Waals surface area (Å²) >= 11 is 2.85. The van der Waals surface area contributed by atoms with E-state index in [0.717, 1.165) is 21.1 Å². The monoisotopic (exact) mass is 651 g/mol. The molecule has 46 heavy (non-hydrogen) atoms. The standard InChI is InChI=1S/C34H29N5O5S2/c1-41-27-17-23(18-28(42-2)29(27)43-3)37-34-39-31(35)30(46-34)33-38-26(19-45-33)20-9-7-11-22(15-20)36-32(40)21-10-8-14-25(16-21)44-24-12-5-4-6-13-24/h4-19H,35H2,1-3H3,(H,36,40)(H,37,39). The molecule has 0 aliphatic rings. The van der Waals surface area contributed by atoms with Crippen LogP contribution in [0.2, 0.25) is 0 Å². The topological polar surface area (TPSA) is 130 Å². The highest BCUT2D eigenvalue weighted by Gasteiger charge is 2.18. The van der Waals surface area contributed by atoms with Gasteiger partial charge in [0.1, 0.15) is 27.2 Å². The predicted molar refractivity (Wildman–Crippen MR) is 183 cm³/mol. The predicted octanol–water partition coefficient (Wildman–Crippen LogP) is 8.33. The summed E-state index contributed by atoms with van der Waals surface area (Å²) in [5.41, 5.74) is 9.74. The number of anilines is 4. The Balaban J connectivity index is 1.16. The molecule has 0 unspecified atom stereocenters. The highest BCUT2D eigenvalue weighted by molar-refractivity contribution is 7.23. The van der Waals surface area contributed by atoms with Gasteiger partial charge >= 0.3 is 0 Å². The van der Waals surface area contributed by atoms with Gasteiger partial charge in [0.15, 0.2) is 16.6 Å². The fourth-order valence-electron chi connectivity index (χ4n) is 4.61. The molecule has 2 aromatic heterocycles. The molecule has 0 aliphatic carbocycles. The van der Waals surface area contributed by atoms with Crippen LogP contribution in [0.3, 0.4) is 0 Å². The van der Waals surface area contributed by atoms with E-state index < -0.39 is 0 Å². The number of hydrogen-bond donors (Lipinski definition) is 3. The molecule has 10 nitrogen and oxygen atoms in total. The average Bonchev–Trinajstić information content (AvgIpc) is 3.71. The molecule has 12 heteroatoms. The number of thiazole rings is 2. The Morgan fingerprint density at radius 3 is 2.26 bits per heavy atom. The molecule has 0 bridgehead atoms. The van der Waals surface area contributed by atoms with Crippen molar-refractivity contribution in [2.24, 2.45) is 0 Å². The van der Waals surface area contributed by atoms with Crippen molar-refractivity contribution < 1.29 is 23.7 Å². The summed E-state index contributed by atoms with van der Waals surface area (Å²) in [6.07, 6.45) is 0. The minimum atomic E-state index is -0.251. The highest BCUT2D eigenvalue weighted by atomic mass is 32.1. The van der Waals surface area contributed by atoms with E-state index in [1.54, 1.807) is 51.7 Å². The van der Waals surface area contributed by atoms with Gasteiger partial charge in [0.2, 0.25) is 5.75 Å². The maximum atomic E-state index is 13.1. The van der Waals surface area contributed by atoms with Gasteiger partial charge in [-0.15, -0.1) is 11.3 Å². The number of nitrogens with one attached hydrogen (secondary N) is 2. The number of nitrogens with two attached hydrogens (primary N) is 1. The number of aromatic nitrogens is 2. The Morgan fingerprint density at radius 2 is 1.52 bits per heavy atom. The number of benzene rings is 4. The van der Waals surface area contributed by atoms with Crippen LogP contribution < -0.4 is 35.3 Å². The minimum Gasteiger partial charge on any atom is -0.493 e. The Labute approximate surface area is 273 Å². The molecule has 6 rings (SSSR count). The summed E-state index contributed by atoms with van der Waals surface area (Å²) in [6, 6.07) is 27.6. The average molecular weight is 652 g/mol. The third kappa shape index (κ3) is 6.72. The molecule has 0 saturated heterocycles. The van der Waals surface area contributed by atoms with Crippen LogP contribution in [-0.4, -0.2) is 37.2 Å². The van der Waals surface area contributed by atoms with Gasteiger partial charge in [0, 0.05) is 40.0 Å². The lowest BCUT2D eigenvalue weighted by Crippen LogP contribution is -2.11. The summed E-state index contributed by atoms with van der Waals surface area (Å²) in [6.45, 7) is 0. The number of nitrogens with zero attached hydrogens (tertiary/aromatic N) is 2. The van der Waals surface area contributed by atoms with Gasteiger partial charge in [-0.2, -0.15) is 0 Å². The zero-order valence-electron chi connectivity index (χ0n) is 25.1. The van der Waals surface area contributed by atoms with Crippen molar-refractivity contribution in [3.8, 4) is 49.9 Å². The number of nitrogen functional groups attached to an aromatic ring is 1. The van der Waals surface area contributed by atoms with E-state index in [-0.39, 0.29) is 5.91 Å². The van der Waals surface area contributed by atoms with Crippen LogP contribution in [0.1, 0.15) is 10.4 Å². The van der Waals surface area contributed by atoms with Crippen molar-refractivity contribution in [2.75, 3.05) is 37.7 Å². The van der Waals surface area contributed by atoms with Crippen LogP contribution in [0.25, 0.3) is 21.1 Å². The molecule has 4 N–H and O–H groups in total. The Hall–Kier alpha value is -5.59. The number of carbonyl (C=O) groups is 1. The molecule has 0 atom stereocenters. The number of amides is 1. The zero-order valence-corrected chi connectivity index (χ0v) is 26.7. The number of rotatable bonds is 11. The summed E-state index contributed by atoms with van der Waals surface area (Å²) in [5.74, 6) is 2.91. The van der Waals surface area contributed by atoms with E-state index in [4.69, 9.17) is 29.7 Å². The molecule has 4 aromatic carbocycles. The van der Waals surface area contributed by atoms with Gasteiger partial charge in [0.05, 0.1) is 27.0 Å². The zero-order chi connectivity index (χ0) is 32.0. The fraction of sp³-hybridized carbons (Fsp3) is 0.0882. The van der Waals surface area contributed by atoms with Gasteiger partial charge in [0.25, 0.3) is 5.91 Å². The lowest BCUT2D eigenvalue weighted by Gasteiger charge is -2.14. The highest BCUT2D eigenvalue weighted by Crippen LogP contribution is 2.43. The first kappa shape index (κ1) is 30.4. The van der Waals surface area contributed by atoms with Gasteiger partial charge in [-0.3, -0.25) is 4.79 Å². The maximum Gasteiger partial charge on any atom is 0.255 e. The van der Waals surface area contributed by atoms with Crippen molar-refractivity contribution in [3.63, 3.8) is 0 Å². The first-order valence-corrected chi connectivity index (χ1v) is 15.7. The SMILES string of the molecule is COc1cc(Nc2nc(N)c(-c3nc(-c4cccc(NC(=O)c5cccc(Oc6ccccc6)c5)c4)cs3)s2)cc(OC)c1OC. The summed E-state index contributed by atoms with van der Waals surface area (Å²) < 4.78 is 22.2. The second kappa shape index (κ2) is 13.6. The van der Waals surface area contributed by atoms with Crippen molar-refractivity contribution in [3.05, 3.63) is 102 Å². The van der Waals surface area contributed by atoms with Crippen LogP contribution in [0.4, 0.5) is 22.3 Å². The van der Waals surface area contributed by atoms with Gasteiger partial charge in [-0.25, -0.2) is 9.97 Å². The molecular weight excluding hydrogens is 623 g/mol. The smallest absolute Gasteiger partial charge is 0.255 e. The Bertz CT molecular complexity index is 1970.